The lowest BCUT2D eigenvalue weighted by atomic mass is 10.4. The summed E-state index contributed by atoms with van der Waals surface area (Å²) in [5, 5.41) is 8.89. The van der Waals surface area contributed by atoms with Crippen LogP contribution >= 0.6 is 0 Å². The number of β-amino-alcohol motifs (C(OH)–C–C–N with tert-alkyl or cyclic N) is 1. The number of benzene rings is 1. The maximum Gasteiger partial charge on any atom is 0.330 e. The van der Waals surface area contributed by atoms with Gasteiger partial charge in [-0.1, -0.05) is 22.0 Å². The van der Waals surface area contributed by atoms with E-state index in [2.05, 4.69) is 3.77 Å². The van der Waals surface area contributed by atoms with E-state index in [0.29, 0.717) is 24.5 Å². The van der Waals surface area contributed by atoms with E-state index in [1.165, 1.54) is 10.6 Å². The minimum absolute atomic E-state index is 0.0495. The van der Waals surface area contributed by atoms with E-state index in [1.807, 2.05) is 4.90 Å². The molecule has 0 radical (unpaired) electrons. The molecular weight excluding hydrogens is 326 g/mol. The van der Waals surface area contributed by atoms with Gasteiger partial charge in [-0.3, -0.25) is 4.90 Å². The summed E-state index contributed by atoms with van der Waals surface area (Å²) in [4.78, 5) is 2.38. The highest BCUT2D eigenvalue weighted by molar-refractivity contribution is 8.02. The van der Waals surface area contributed by atoms with Crippen LogP contribution in [0.2, 0.25) is 0 Å². The highest BCUT2D eigenvalue weighted by Crippen LogP contribution is 2.16. The number of aliphatic hydroxyl groups is 1. The van der Waals surface area contributed by atoms with E-state index in [1.54, 1.807) is 30.3 Å². The van der Waals surface area contributed by atoms with Crippen molar-refractivity contribution in [3.05, 3.63) is 30.3 Å². The first-order valence-corrected chi connectivity index (χ1v) is 10.3. The van der Waals surface area contributed by atoms with Crippen molar-refractivity contribution in [1.82, 2.24) is 9.21 Å². The van der Waals surface area contributed by atoms with Gasteiger partial charge in [0.2, 0.25) is 0 Å². The maximum atomic E-state index is 12.6. The molecule has 0 aromatic heterocycles. The van der Waals surface area contributed by atoms with Crippen LogP contribution in [0.1, 0.15) is 0 Å². The summed E-state index contributed by atoms with van der Waals surface area (Å²) in [6.07, 6.45) is 1.34. The van der Waals surface area contributed by atoms with Crippen molar-refractivity contribution in [2.24, 2.45) is 3.77 Å². The van der Waals surface area contributed by atoms with E-state index < -0.39 is 19.9 Å². The number of rotatable bonds is 5. The largest absolute Gasteiger partial charge is 0.395 e. The third kappa shape index (κ3) is 4.26. The summed E-state index contributed by atoms with van der Waals surface area (Å²) >= 11 is 0. The van der Waals surface area contributed by atoms with E-state index in [0.717, 1.165) is 0 Å². The topological polar surface area (TPSA) is 90.3 Å². The van der Waals surface area contributed by atoms with Crippen LogP contribution in [0.15, 0.2) is 39.0 Å². The minimum atomic E-state index is -3.93. The highest BCUT2D eigenvalue weighted by atomic mass is 32.3. The second-order valence-corrected chi connectivity index (χ2v) is 9.22. The zero-order valence-electron chi connectivity index (χ0n) is 12.5. The summed E-state index contributed by atoms with van der Waals surface area (Å²) < 4.78 is 42.2. The number of piperazine rings is 1. The predicted molar refractivity (Wildman–Crippen MR) is 85.2 cm³/mol. The first kappa shape index (κ1) is 17.4. The first-order valence-electron chi connectivity index (χ1n) is 6.97. The van der Waals surface area contributed by atoms with Gasteiger partial charge in [-0.05, 0) is 12.1 Å². The van der Waals surface area contributed by atoms with Crippen LogP contribution in [0.25, 0.3) is 0 Å². The van der Waals surface area contributed by atoms with E-state index in [-0.39, 0.29) is 19.7 Å². The molecule has 124 valence electrons. The molecule has 0 aliphatic carbocycles. The summed E-state index contributed by atoms with van der Waals surface area (Å²) in [6, 6.07) is 8.40. The Hall–Kier alpha value is -1.00. The van der Waals surface area contributed by atoms with Gasteiger partial charge in [0.15, 0.2) is 0 Å². The molecule has 1 atom stereocenters. The standard InChI is InChI=1S/C13H21N3O4S2/c1-21(18,13-5-3-2-4-6-13)14-22(19,20)16-9-7-15(8-10-16)11-12-17/h2-6,17H,7-12H2,1H3. The Labute approximate surface area is 131 Å². The van der Waals surface area contributed by atoms with Crippen molar-refractivity contribution in [1.29, 1.82) is 0 Å². The SMILES string of the molecule is CS(=O)(=NS(=O)(=O)N1CCN(CCO)CC1)c1ccccc1. The fraction of sp³-hybridized carbons (Fsp3) is 0.538. The fourth-order valence-electron chi connectivity index (χ4n) is 2.27. The molecule has 1 aromatic carbocycles. The summed E-state index contributed by atoms with van der Waals surface area (Å²) in [5.74, 6) is 0. The third-order valence-corrected chi connectivity index (χ3v) is 7.55. The molecule has 1 heterocycles. The quantitative estimate of drug-likeness (QED) is 0.810. The molecule has 1 aliphatic heterocycles. The van der Waals surface area contributed by atoms with E-state index in [4.69, 9.17) is 5.11 Å². The molecule has 1 fully saturated rings. The lowest BCUT2D eigenvalue weighted by molar-refractivity contribution is 0.151. The summed E-state index contributed by atoms with van der Waals surface area (Å²) in [7, 11) is -6.93. The third-order valence-electron chi connectivity index (χ3n) is 3.49. The Kier molecular flexibility index (Phi) is 5.56. The molecule has 2 rings (SSSR count). The van der Waals surface area contributed by atoms with Gasteiger partial charge in [-0.2, -0.15) is 12.7 Å². The molecular formula is C13H21N3O4S2. The van der Waals surface area contributed by atoms with E-state index in [9.17, 15) is 12.6 Å². The van der Waals surface area contributed by atoms with Crippen LogP contribution in [0.5, 0.6) is 0 Å². The molecule has 22 heavy (non-hydrogen) atoms. The van der Waals surface area contributed by atoms with E-state index >= 15 is 0 Å². The summed E-state index contributed by atoms with van der Waals surface area (Å²) in [6.45, 7) is 2.22. The molecule has 0 amide bonds. The predicted octanol–water partition coefficient (Wildman–Crippen LogP) is -0.00200. The Bertz CT molecular complexity index is 704. The number of nitrogens with zero attached hydrogens (tertiary/aromatic N) is 3. The number of aliphatic hydroxyl groups excluding tert-OH is 1. The highest BCUT2D eigenvalue weighted by Gasteiger charge is 2.27. The molecule has 0 bridgehead atoms. The van der Waals surface area contributed by atoms with Gasteiger partial charge in [0.1, 0.15) is 0 Å². The van der Waals surface area contributed by atoms with Crippen LogP contribution < -0.4 is 0 Å². The number of hydrogen-bond donors (Lipinski definition) is 1. The van der Waals surface area contributed by atoms with Crippen molar-refractivity contribution in [2.75, 3.05) is 45.6 Å². The molecule has 0 spiro atoms. The first-order chi connectivity index (χ1) is 10.3. The van der Waals surface area contributed by atoms with Crippen molar-refractivity contribution < 1.29 is 17.7 Å². The molecule has 1 saturated heterocycles. The molecule has 1 aliphatic rings. The minimum Gasteiger partial charge on any atom is -0.395 e. The van der Waals surface area contributed by atoms with Crippen molar-refractivity contribution in [3.8, 4) is 0 Å². The molecule has 1 N–H and O–H groups in total. The molecule has 9 heteroatoms. The Morgan fingerprint density at radius 1 is 1.09 bits per heavy atom. The van der Waals surface area contributed by atoms with Crippen LogP contribution in [0.4, 0.5) is 0 Å². The average Bonchev–Trinajstić information content (AvgIpc) is 2.48. The average molecular weight is 347 g/mol. The molecule has 7 nitrogen and oxygen atoms in total. The molecule has 1 unspecified atom stereocenters. The summed E-state index contributed by atoms with van der Waals surface area (Å²) in [5.41, 5.74) is 0. The van der Waals surface area contributed by atoms with Crippen LogP contribution in [0, 0.1) is 0 Å². The Balaban J connectivity index is 2.18. The van der Waals surface area contributed by atoms with Crippen LogP contribution in [-0.4, -0.2) is 72.5 Å². The second kappa shape index (κ2) is 7.05. The Morgan fingerprint density at radius 3 is 2.23 bits per heavy atom. The lowest BCUT2D eigenvalue weighted by Gasteiger charge is -2.32. The van der Waals surface area contributed by atoms with Gasteiger partial charge in [-0.15, -0.1) is 0 Å². The van der Waals surface area contributed by atoms with Crippen molar-refractivity contribution in [2.45, 2.75) is 4.90 Å². The van der Waals surface area contributed by atoms with Gasteiger partial charge in [0.05, 0.1) is 16.3 Å². The van der Waals surface area contributed by atoms with Gasteiger partial charge >= 0.3 is 10.2 Å². The monoisotopic (exact) mass is 347 g/mol. The zero-order chi connectivity index (χ0) is 16.2. The van der Waals surface area contributed by atoms with Crippen molar-refractivity contribution >= 4 is 19.9 Å². The normalized spacial score (nSPS) is 20.5. The zero-order valence-corrected chi connectivity index (χ0v) is 14.1. The smallest absolute Gasteiger partial charge is 0.330 e. The maximum absolute atomic E-state index is 12.6. The van der Waals surface area contributed by atoms with Crippen LogP contribution in [-0.2, 0) is 19.9 Å². The molecule has 0 saturated carbocycles. The number of hydrogen-bond acceptors (Lipinski definition) is 5. The molecule has 1 aromatic rings. The van der Waals surface area contributed by atoms with Gasteiger partial charge in [-0.25, -0.2) is 4.21 Å². The van der Waals surface area contributed by atoms with Crippen molar-refractivity contribution in [3.63, 3.8) is 0 Å². The Morgan fingerprint density at radius 2 is 1.68 bits per heavy atom. The van der Waals surface area contributed by atoms with Gasteiger partial charge < -0.3 is 5.11 Å². The van der Waals surface area contributed by atoms with Gasteiger partial charge in [0.25, 0.3) is 0 Å². The van der Waals surface area contributed by atoms with Gasteiger partial charge in [0, 0.05) is 43.9 Å². The van der Waals surface area contributed by atoms with Crippen LogP contribution in [0.3, 0.4) is 0 Å². The lowest BCUT2D eigenvalue weighted by Crippen LogP contribution is -2.48. The fourth-order valence-corrected chi connectivity index (χ4v) is 5.71. The second-order valence-electron chi connectivity index (χ2n) is 5.13.